The third-order valence-corrected chi connectivity index (χ3v) is 7.96. The third-order valence-electron chi connectivity index (χ3n) is 6.23. The number of hydrogen-bond acceptors (Lipinski definition) is 15. The molecule has 1 saturated heterocycles. The Balaban J connectivity index is 0.00000140. The Morgan fingerprint density at radius 3 is 2.43 bits per heavy atom. The number of rotatable bonds is 18. The van der Waals surface area contributed by atoms with Gasteiger partial charge in [-0.25, -0.2) is 19.5 Å². The van der Waals surface area contributed by atoms with E-state index in [0.717, 1.165) is 19.5 Å². The maximum absolute atomic E-state index is 11.5. The van der Waals surface area contributed by atoms with Gasteiger partial charge >= 0.3 is 7.82 Å². The zero-order valence-corrected chi connectivity index (χ0v) is 32.1. The molecule has 1 aliphatic heterocycles. The Morgan fingerprint density at radius 2 is 1.84 bits per heavy atom. The highest BCUT2D eigenvalue weighted by Gasteiger charge is 2.49. The van der Waals surface area contributed by atoms with Crippen molar-refractivity contribution in [1.82, 2.24) is 30.2 Å². The van der Waals surface area contributed by atoms with Crippen LogP contribution in [0.4, 0.5) is 5.82 Å². The average molecular weight is 762 g/mol. The fourth-order valence-electron chi connectivity index (χ4n) is 3.70. The summed E-state index contributed by atoms with van der Waals surface area (Å²) < 4.78 is 39.2. The highest BCUT2D eigenvalue weighted by atomic mass is 31.2. The van der Waals surface area contributed by atoms with E-state index in [9.17, 15) is 34.2 Å². The van der Waals surface area contributed by atoms with Crippen LogP contribution in [0.5, 0.6) is 0 Å². The van der Waals surface area contributed by atoms with E-state index in [2.05, 4.69) is 25.6 Å². The summed E-state index contributed by atoms with van der Waals surface area (Å²) in [7, 11) is -4.16. The SMILES string of the molecule is CC.CC.CC(C)(COPOPOCC1OC(n2cnc3c(N)ncnc32)C(O)C1OP(=O)(O)O)C(O)C=O.CCCNC(=O)CCNC. The third kappa shape index (κ3) is 16.8. The van der Waals surface area contributed by atoms with Crippen molar-refractivity contribution in [3.05, 3.63) is 12.7 Å². The number of aromatic nitrogens is 4. The van der Waals surface area contributed by atoms with Gasteiger partial charge in [-0.15, -0.1) is 0 Å². The van der Waals surface area contributed by atoms with E-state index in [0.29, 0.717) is 12.7 Å². The summed E-state index contributed by atoms with van der Waals surface area (Å²) >= 11 is 0. The number of carbonyl (C=O) groups is 2. The van der Waals surface area contributed by atoms with Crippen molar-refractivity contribution in [2.75, 3.05) is 39.1 Å². The van der Waals surface area contributed by atoms with Crippen LogP contribution in [0.15, 0.2) is 12.7 Å². The number of nitrogens with one attached hydrogen (secondary N) is 2. The second-order valence-corrected chi connectivity index (χ2v) is 13.3. The lowest BCUT2D eigenvalue weighted by molar-refractivity contribution is -0.121. The molecule has 22 heteroatoms. The minimum absolute atomic E-state index is 0.0561. The number of imidazole rings is 1. The first-order valence-corrected chi connectivity index (χ1v) is 18.9. The molecule has 0 bridgehead atoms. The summed E-state index contributed by atoms with van der Waals surface area (Å²) in [5, 5.41) is 26.0. The van der Waals surface area contributed by atoms with Crippen LogP contribution in [-0.4, -0.2) is 109 Å². The van der Waals surface area contributed by atoms with Crippen molar-refractivity contribution in [3.8, 4) is 0 Å². The molecular weight excluding hydrogens is 707 g/mol. The van der Waals surface area contributed by atoms with Crippen LogP contribution in [-0.2, 0) is 36.8 Å². The minimum atomic E-state index is -4.99. The Labute approximate surface area is 290 Å². The summed E-state index contributed by atoms with van der Waals surface area (Å²) in [5.41, 5.74) is 5.47. The van der Waals surface area contributed by atoms with Gasteiger partial charge in [-0.2, -0.15) is 0 Å². The number of anilines is 1. The van der Waals surface area contributed by atoms with E-state index in [-0.39, 0.29) is 36.1 Å². The summed E-state index contributed by atoms with van der Waals surface area (Å²) in [4.78, 5) is 52.1. The van der Waals surface area contributed by atoms with Gasteiger partial charge in [0.15, 0.2) is 35.8 Å². The molecule has 8 N–H and O–H groups in total. The van der Waals surface area contributed by atoms with Crippen molar-refractivity contribution in [1.29, 1.82) is 0 Å². The second-order valence-electron chi connectivity index (χ2n) is 10.3. The number of nitrogens with zero attached hydrogens (tertiary/aromatic N) is 4. The maximum Gasteiger partial charge on any atom is 0.470 e. The van der Waals surface area contributed by atoms with E-state index < -0.39 is 62.0 Å². The molecule has 284 valence electrons. The first-order chi connectivity index (χ1) is 23.3. The lowest BCUT2D eigenvalue weighted by atomic mass is 9.88. The molecule has 2 aromatic heterocycles. The van der Waals surface area contributed by atoms with Crippen LogP contribution in [0.2, 0.25) is 0 Å². The molecule has 49 heavy (non-hydrogen) atoms. The molecule has 1 aliphatic rings. The number of nitrogen functional groups attached to an aromatic ring is 1. The highest BCUT2D eigenvalue weighted by Crippen LogP contribution is 2.45. The fourth-order valence-corrected chi connectivity index (χ4v) is 5.55. The number of aliphatic hydroxyl groups excluding tert-OH is 2. The predicted molar refractivity (Wildman–Crippen MR) is 187 cm³/mol. The van der Waals surface area contributed by atoms with Gasteiger partial charge in [0.2, 0.25) is 5.91 Å². The number of phosphoric acid groups is 1. The Bertz CT molecular complexity index is 1250. The first-order valence-electron chi connectivity index (χ1n) is 15.7. The van der Waals surface area contributed by atoms with Gasteiger partial charge in [0, 0.05) is 24.9 Å². The molecule has 7 atom stereocenters. The number of carbonyl (C=O) groups excluding carboxylic acids is 2. The number of fused-ring (bicyclic) bond motifs is 1. The fraction of sp³-hybridized carbons (Fsp3) is 0.741. The number of phosphoric ester groups is 1. The van der Waals surface area contributed by atoms with Gasteiger partial charge < -0.3 is 54.9 Å². The summed E-state index contributed by atoms with van der Waals surface area (Å²) in [5.74, 6) is 0.241. The van der Waals surface area contributed by atoms with Gasteiger partial charge in [-0.05, 0) is 13.5 Å². The molecule has 1 fully saturated rings. The summed E-state index contributed by atoms with van der Waals surface area (Å²) in [6.07, 6.45) is -1.92. The van der Waals surface area contributed by atoms with E-state index >= 15 is 0 Å². The van der Waals surface area contributed by atoms with Crippen molar-refractivity contribution in [2.24, 2.45) is 5.41 Å². The smallest absolute Gasteiger partial charge is 0.386 e. The molecule has 7 unspecified atom stereocenters. The van der Waals surface area contributed by atoms with Gasteiger partial charge in [0.05, 0.1) is 19.5 Å². The molecule has 1 amide bonds. The molecule has 0 aromatic carbocycles. The van der Waals surface area contributed by atoms with Crippen LogP contribution < -0.4 is 16.4 Å². The zero-order valence-electron chi connectivity index (χ0n) is 29.2. The van der Waals surface area contributed by atoms with E-state index in [1.165, 1.54) is 17.2 Å². The number of hydrogen-bond donors (Lipinski definition) is 7. The summed E-state index contributed by atoms with van der Waals surface area (Å²) in [6, 6.07) is 0. The molecule has 2 aromatic rings. The Morgan fingerprint density at radius 1 is 1.18 bits per heavy atom. The Hall–Kier alpha value is -1.82. The molecule has 0 spiro atoms. The normalized spacial score (nSPS) is 19.9. The van der Waals surface area contributed by atoms with Crippen LogP contribution in [0.25, 0.3) is 11.2 Å². The maximum atomic E-state index is 11.5. The van der Waals surface area contributed by atoms with Gasteiger partial charge in [-0.1, -0.05) is 48.5 Å². The number of aldehydes is 1. The van der Waals surface area contributed by atoms with Crippen LogP contribution in [0.1, 0.15) is 67.5 Å². The predicted octanol–water partition coefficient (Wildman–Crippen LogP) is 1.97. The van der Waals surface area contributed by atoms with Crippen molar-refractivity contribution in [2.45, 2.75) is 92.0 Å². The number of ether oxygens (including phenoxy) is 1. The number of aliphatic hydroxyl groups is 2. The zero-order chi connectivity index (χ0) is 37.6. The quantitative estimate of drug-likeness (QED) is 0.0650. The number of amides is 1. The molecule has 3 rings (SSSR count). The topological polar surface area (TPSA) is 272 Å². The average Bonchev–Trinajstić information content (AvgIpc) is 3.64. The largest absolute Gasteiger partial charge is 0.470 e. The van der Waals surface area contributed by atoms with E-state index in [1.54, 1.807) is 13.8 Å². The number of nitrogens with two attached hydrogens (primary N) is 1. The lowest BCUT2D eigenvalue weighted by Gasteiger charge is -2.26. The lowest BCUT2D eigenvalue weighted by Crippen LogP contribution is -2.35. The Kier molecular flexibility index (Phi) is 24.2. The molecule has 0 aliphatic carbocycles. The molecule has 0 saturated carbocycles. The molecule has 3 heterocycles. The first kappa shape index (κ1) is 47.2. The van der Waals surface area contributed by atoms with Gasteiger partial charge in [-0.3, -0.25) is 18.2 Å². The van der Waals surface area contributed by atoms with Crippen molar-refractivity contribution < 1.29 is 56.8 Å². The highest BCUT2D eigenvalue weighted by molar-refractivity contribution is 7.46. The van der Waals surface area contributed by atoms with Gasteiger partial charge in [0.25, 0.3) is 0 Å². The van der Waals surface area contributed by atoms with E-state index in [4.69, 9.17) is 28.4 Å². The monoisotopic (exact) mass is 761 g/mol. The van der Waals surface area contributed by atoms with Crippen LogP contribution >= 0.6 is 25.9 Å². The van der Waals surface area contributed by atoms with Gasteiger partial charge in [0.1, 0.15) is 42.5 Å². The van der Waals surface area contributed by atoms with Crippen molar-refractivity contribution in [3.63, 3.8) is 0 Å². The van der Waals surface area contributed by atoms with Crippen LogP contribution in [0.3, 0.4) is 0 Å². The molecular formula is C27H54N7O12P3. The standard InChI is InChI=1S/C16H26N5O11P3.C7H16N2O.2C2H6/c1-16(2,9(23)3-22)5-29-34-32-33-28-4-8-12(31-35(25,26)27)11(24)15(30-8)21-7-20-10-13(17)18-6-19-14(10)21;1-3-5-9-7(10)4-6-8-2;2*1-2/h3,6-9,11-12,15,23-24,33-34H,4-5H2,1-2H3,(H2,17,18,19)(H2,25,26,27);8H,3-6H2,1-2H3,(H,9,10);2*1-2H3. The molecule has 0 radical (unpaired) electrons. The van der Waals surface area contributed by atoms with E-state index in [1.807, 2.05) is 41.7 Å². The van der Waals surface area contributed by atoms with Crippen LogP contribution in [0, 0.1) is 5.41 Å². The van der Waals surface area contributed by atoms with Crippen molar-refractivity contribution >= 4 is 55.1 Å². The molecule has 19 nitrogen and oxygen atoms in total. The summed E-state index contributed by atoms with van der Waals surface area (Å²) in [6.45, 7) is 14.7. The minimum Gasteiger partial charge on any atom is -0.386 e. The second kappa shape index (κ2) is 25.2.